The van der Waals surface area contributed by atoms with Crippen molar-refractivity contribution in [2.24, 2.45) is 0 Å². The molecule has 0 bridgehead atoms. The number of rotatable bonds is 5. The van der Waals surface area contributed by atoms with Gasteiger partial charge in [0.15, 0.2) is 0 Å². The molecule has 0 aliphatic rings. The second-order valence-electron chi connectivity index (χ2n) is 4.18. The van der Waals surface area contributed by atoms with Crippen molar-refractivity contribution in [1.29, 1.82) is 0 Å². The molecule has 0 saturated heterocycles. The summed E-state index contributed by atoms with van der Waals surface area (Å²) in [5.74, 6) is 0.757. The average Bonchev–Trinajstić information content (AvgIpc) is 2.77. The van der Waals surface area contributed by atoms with Gasteiger partial charge < -0.3 is 10.1 Å². The fraction of sp³-hybridized carbons (Fsp3) is 0.286. The maximum Gasteiger partial charge on any atom is 0.121 e. The Morgan fingerprint density at radius 1 is 1.26 bits per heavy atom. The van der Waals surface area contributed by atoms with Crippen LogP contribution in [0.25, 0.3) is 0 Å². The molecule has 2 aromatic rings. The highest BCUT2D eigenvalue weighted by Crippen LogP contribution is 2.32. The molecule has 0 aliphatic heterocycles. The van der Waals surface area contributed by atoms with E-state index in [1.807, 2.05) is 43.6 Å². The van der Waals surface area contributed by atoms with Gasteiger partial charge in [0, 0.05) is 9.90 Å². The van der Waals surface area contributed by atoms with Gasteiger partial charge in [-0.05, 0) is 43.6 Å². The second-order valence-corrected chi connectivity index (χ2v) is 5.97. The molecule has 1 aromatic heterocycles. The third-order valence-corrected chi connectivity index (χ3v) is 4.50. The lowest BCUT2D eigenvalue weighted by atomic mass is 10.1. The molecule has 1 aromatic carbocycles. The topological polar surface area (TPSA) is 21.3 Å². The van der Waals surface area contributed by atoms with E-state index in [0.717, 1.165) is 15.6 Å². The van der Waals surface area contributed by atoms with E-state index in [1.165, 1.54) is 0 Å². The molecule has 0 saturated carbocycles. The van der Waals surface area contributed by atoms with Crippen LogP contribution in [0.5, 0.6) is 5.75 Å². The number of halogens is 2. The smallest absolute Gasteiger partial charge is 0.121 e. The van der Waals surface area contributed by atoms with E-state index in [9.17, 15) is 0 Å². The normalized spacial score (nSPS) is 14.1. The van der Waals surface area contributed by atoms with E-state index in [-0.39, 0.29) is 12.1 Å². The zero-order valence-corrected chi connectivity index (χ0v) is 13.0. The monoisotopic (exact) mass is 315 g/mol. The predicted molar refractivity (Wildman–Crippen MR) is 82.7 cm³/mol. The molecule has 5 heteroatoms. The van der Waals surface area contributed by atoms with Crippen molar-refractivity contribution in [1.82, 2.24) is 5.32 Å². The Kier molecular flexibility index (Phi) is 5.11. The number of thiophene rings is 1. The summed E-state index contributed by atoms with van der Waals surface area (Å²) in [6, 6.07) is 9.34. The van der Waals surface area contributed by atoms with Crippen LogP contribution in [0.2, 0.25) is 10.0 Å². The van der Waals surface area contributed by atoms with Gasteiger partial charge in [0.1, 0.15) is 11.9 Å². The Labute approximate surface area is 127 Å². The minimum absolute atomic E-state index is 0.0477. The summed E-state index contributed by atoms with van der Waals surface area (Å²) in [6.45, 7) is 2.01. The third kappa shape index (κ3) is 3.63. The fourth-order valence-electron chi connectivity index (χ4n) is 1.93. The van der Waals surface area contributed by atoms with Crippen molar-refractivity contribution in [3.8, 4) is 5.75 Å². The minimum atomic E-state index is -0.0559. The first kappa shape index (κ1) is 14.7. The van der Waals surface area contributed by atoms with Gasteiger partial charge >= 0.3 is 0 Å². The van der Waals surface area contributed by atoms with Crippen molar-refractivity contribution in [2.45, 2.75) is 19.1 Å². The van der Waals surface area contributed by atoms with E-state index in [4.69, 9.17) is 27.9 Å². The van der Waals surface area contributed by atoms with Crippen LogP contribution >= 0.6 is 34.5 Å². The molecule has 2 nitrogen and oxygen atoms in total. The molecule has 1 N–H and O–H groups in total. The standard InChI is InChI=1S/C14H15Cl2NOS/c1-9(18-11-5-3-4-10(15)8-11)13(17-2)14-12(16)6-7-19-14/h3-9,13,17H,1-2H3. The Morgan fingerprint density at radius 2 is 2.05 bits per heavy atom. The van der Waals surface area contributed by atoms with Gasteiger partial charge in [-0.2, -0.15) is 0 Å². The number of hydrogen-bond donors (Lipinski definition) is 1. The summed E-state index contributed by atoms with van der Waals surface area (Å²) >= 11 is 13.8. The maximum atomic E-state index is 6.18. The molecular weight excluding hydrogens is 301 g/mol. The number of likely N-dealkylation sites (N-methyl/N-ethyl adjacent to an activating group) is 1. The molecule has 2 rings (SSSR count). The highest BCUT2D eigenvalue weighted by Gasteiger charge is 2.22. The lowest BCUT2D eigenvalue weighted by Gasteiger charge is -2.24. The third-order valence-electron chi connectivity index (χ3n) is 2.83. The molecule has 0 radical (unpaired) electrons. The Morgan fingerprint density at radius 3 is 2.63 bits per heavy atom. The summed E-state index contributed by atoms with van der Waals surface area (Å²) in [6.07, 6.45) is -0.0559. The van der Waals surface area contributed by atoms with E-state index < -0.39 is 0 Å². The van der Waals surface area contributed by atoms with Crippen LogP contribution < -0.4 is 10.1 Å². The van der Waals surface area contributed by atoms with Gasteiger partial charge in [0.25, 0.3) is 0 Å². The fourth-order valence-corrected chi connectivity index (χ4v) is 3.49. The summed E-state index contributed by atoms with van der Waals surface area (Å²) in [4.78, 5) is 1.08. The molecule has 0 spiro atoms. The summed E-state index contributed by atoms with van der Waals surface area (Å²) in [5, 5.41) is 6.66. The molecule has 2 unspecified atom stereocenters. The number of ether oxygens (including phenoxy) is 1. The molecule has 0 amide bonds. The second kappa shape index (κ2) is 6.62. The first-order valence-corrected chi connectivity index (χ1v) is 7.57. The van der Waals surface area contributed by atoms with Gasteiger partial charge in [-0.3, -0.25) is 0 Å². The van der Waals surface area contributed by atoms with Gasteiger partial charge in [-0.1, -0.05) is 29.3 Å². The van der Waals surface area contributed by atoms with Crippen LogP contribution in [-0.2, 0) is 0 Å². The van der Waals surface area contributed by atoms with Crippen LogP contribution in [0.3, 0.4) is 0 Å². The van der Waals surface area contributed by atoms with E-state index in [0.29, 0.717) is 5.02 Å². The van der Waals surface area contributed by atoms with Crippen LogP contribution in [0.4, 0.5) is 0 Å². The van der Waals surface area contributed by atoms with Gasteiger partial charge in [0.05, 0.1) is 11.1 Å². The summed E-state index contributed by atoms with van der Waals surface area (Å²) in [7, 11) is 1.90. The Bertz CT molecular complexity index is 544. The molecule has 0 aliphatic carbocycles. The van der Waals surface area contributed by atoms with Crippen molar-refractivity contribution in [3.05, 3.63) is 50.6 Å². The average molecular weight is 316 g/mol. The molecule has 2 atom stereocenters. The molecule has 19 heavy (non-hydrogen) atoms. The lowest BCUT2D eigenvalue weighted by Crippen LogP contribution is -2.31. The summed E-state index contributed by atoms with van der Waals surface area (Å²) < 4.78 is 5.93. The van der Waals surface area contributed by atoms with E-state index in [1.54, 1.807) is 17.4 Å². The first-order valence-electron chi connectivity index (χ1n) is 5.94. The van der Waals surface area contributed by atoms with Crippen molar-refractivity contribution in [3.63, 3.8) is 0 Å². The largest absolute Gasteiger partial charge is 0.489 e. The SMILES string of the molecule is CNC(c1sccc1Cl)C(C)Oc1cccc(Cl)c1. The molecule has 1 heterocycles. The van der Waals surface area contributed by atoms with Crippen LogP contribution in [0, 0.1) is 0 Å². The Balaban J connectivity index is 2.14. The highest BCUT2D eigenvalue weighted by atomic mass is 35.5. The van der Waals surface area contributed by atoms with E-state index in [2.05, 4.69) is 5.32 Å². The zero-order valence-electron chi connectivity index (χ0n) is 10.7. The molecule has 0 fully saturated rings. The maximum absolute atomic E-state index is 6.18. The lowest BCUT2D eigenvalue weighted by molar-refractivity contribution is 0.177. The van der Waals surface area contributed by atoms with Crippen molar-refractivity contribution >= 4 is 34.5 Å². The molecule has 102 valence electrons. The van der Waals surface area contributed by atoms with Gasteiger partial charge in [0.2, 0.25) is 0 Å². The summed E-state index contributed by atoms with van der Waals surface area (Å²) in [5.41, 5.74) is 0. The highest BCUT2D eigenvalue weighted by molar-refractivity contribution is 7.10. The Hall–Kier alpha value is -0.740. The van der Waals surface area contributed by atoms with Crippen molar-refractivity contribution < 1.29 is 4.74 Å². The predicted octanol–water partition coefficient (Wildman–Crippen LogP) is 4.78. The zero-order chi connectivity index (χ0) is 13.8. The molecular formula is C14H15Cl2NOS. The quantitative estimate of drug-likeness (QED) is 0.857. The van der Waals surface area contributed by atoms with Crippen molar-refractivity contribution in [2.75, 3.05) is 7.05 Å². The first-order chi connectivity index (χ1) is 9.11. The van der Waals surface area contributed by atoms with Crippen LogP contribution in [-0.4, -0.2) is 13.2 Å². The number of nitrogens with one attached hydrogen (secondary N) is 1. The van der Waals surface area contributed by atoms with Crippen LogP contribution in [0.15, 0.2) is 35.7 Å². The van der Waals surface area contributed by atoms with Gasteiger partial charge in [-0.25, -0.2) is 0 Å². The van der Waals surface area contributed by atoms with Crippen LogP contribution in [0.1, 0.15) is 17.8 Å². The van der Waals surface area contributed by atoms with E-state index >= 15 is 0 Å². The number of benzene rings is 1. The van der Waals surface area contributed by atoms with Gasteiger partial charge in [-0.15, -0.1) is 11.3 Å². The minimum Gasteiger partial charge on any atom is -0.489 e. The number of hydrogen-bond acceptors (Lipinski definition) is 3.